The molecule has 96 valence electrons. The molecule has 0 aromatic carbocycles. The molecule has 1 aromatic heterocycles. The van der Waals surface area contributed by atoms with Crippen LogP contribution in [0.2, 0.25) is 0 Å². The Hall–Kier alpha value is 0.776. The topological polar surface area (TPSA) is 22.0 Å². The number of hydrogen-bond donors (Lipinski definition) is 0. The van der Waals surface area contributed by atoms with Crippen molar-refractivity contribution in [3.05, 3.63) is 21.8 Å². The maximum atomic E-state index is 11.2. The van der Waals surface area contributed by atoms with E-state index in [1.165, 1.54) is 43.6 Å². The van der Waals surface area contributed by atoms with Crippen LogP contribution in [0.1, 0.15) is 45.4 Å². The minimum atomic E-state index is 0. The maximum absolute atomic E-state index is 11.2. The summed E-state index contributed by atoms with van der Waals surface area (Å²) in [5, 5.41) is 1.86. The number of hydrogen-bond acceptors (Lipinski definition) is 2. The van der Waals surface area contributed by atoms with Gasteiger partial charge in [-0.05, 0) is 6.42 Å². The fraction of sp³-hybridized carbons (Fsp3) is 0.727. The van der Waals surface area contributed by atoms with Gasteiger partial charge in [0.25, 0.3) is 5.56 Å². The van der Waals surface area contributed by atoms with Gasteiger partial charge in [-0.15, -0.1) is 0 Å². The van der Waals surface area contributed by atoms with Crippen molar-refractivity contribution in [3.8, 4) is 0 Å². The second-order valence-electron chi connectivity index (χ2n) is 3.62. The van der Waals surface area contributed by atoms with E-state index < -0.39 is 0 Å². The summed E-state index contributed by atoms with van der Waals surface area (Å²) in [6.07, 6.45) is 7.70. The number of aromatic nitrogens is 1. The van der Waals surface area contributed by atoms with Gasteiger partial charge in [0.2, 0.25) is 0 Å². The smallest absolute Gasteiger partial charge is 1.00 e. The van der Waals surface area contributed by atoms with Crippen LogP contribution >= 0.6 is 11.5 Å². The van der Waals surface area contributed by atoms with Crippen molar-refractivity contribution in [2.75, 3.05) is 0 Å². The van der Waals surface area contributed by atoms with Crippen molar-refractivity contribution in [1.82, 2.24) is 3.96 Å². The van der Waals surface area contributed by atoms with Crippen molar-refractivity contribution in [2.24, 2.45) is 0 Å². The third-order valence-corrected chi connectivity index (χ3v) is 3.23. The molecule has 0 amide bonds. The molecular formula is C11H19Cl2MgNOS. The molecule has 1 aromatic rings. The summed E-state index contributed by atoms with van der Waals surface area (Å²) in [5.41, 5.74) is 0.156. The second kappa shape index (κ2) is 14.8. The SMILES string of the molecule is CCCCCCCCn1sccc1=O.[Cl-].[Cl-].[Mg+2]. The van der Waals surface area contributed by atoms with Crippen LogP contribution in [0, 0.1) is 0 Å². The van der Waals surface area contributed by atoms with Gasteiger partial charge in [0, 0.05) is 18.0 Å². The number of rotatable bonds is 7. The first-order valence-corrected chi connectivity index (χ1v) is 6.33. The first kappa shape index (κ1) is 22.9. The third kappa shape index (κ3) is 10.4. The molecule has 0 spiro atoms. The van der Waals surface area contributed by atoms with Crippen molar-refractivity contribution in [1.29, 1.82) is 0 Å². The summed E-state index contributed by atoms with van der Waals surface area (Å²) >= 11 is 1.52. The molecule has 0 N–H and O–H groups in total. The van der Waals surface area contributed by atoms with E-state index in [0.717, 1.165) is 13.0 Å². The summed E-state index contributed by atoms with van der Waals surface area (Å²) in [4.78, 5) is 11.2. The predicted molar refractivity (Wildman–Crippen MR) is 67.7 cm³/mol. The average Bonchev–Trinajstić information content (AvgIpc) is 2.58. The Morgan fingerprint density at radius 3 is 2.24 bits per heavy atom. The number of nitrogens with zero attached hydrogens (tertiary/aromatic N) is 1. The standard InChI is InChI=1S/C11H19NOS.2ClH.Mg/c1-2-3-4-5-6-7-9-12-11(13)8-10-14-12;;;/h8,10H,2-7,9H2,1H3;2*1H;/q;;;+2/p-2. The van der Waals surface area contributed by atoms with Crippen LogP contribution in [-0.2, 0) is 6.54 Å². The fourth-order valence-corrected chi connectivity index (χ4v) is 2.22. The Morgan fingerprint density at radius 2 is 1.71 bits per heavy atom. The molecule has 0 aliphatic heterocycles. The van der Waals surface area contributed by atoms with Gasteiger partial charge in [0.1, 0.15) is 0 Å². The minimum Gasteiger partial charge on any atom is -1.00 e. The molecule has 0 radical (unpaired) electrons. The molecule has 2 nitrogen and oxygen atoms in total. The van der Waals surface area contributed by atoms with Crippen LogP contribution in [-0.4, -0.2) is 27.0 Å². The normalized spacial score (nSPS) is 8.76. The summed E-state index contributed by atoms with van der Waals surface area (Å²) in [7, 11) is 0. The number of aryl methyl sites for hydroxylation is 1. The quantitative estimate of drug-likeness (QED) is 0.386. The number of halogens is 2. The minimum absolute atomic E-state index is 0. The summed E-state index contributed by atoms with van der Waals surface area (Å²) < 4.78 is 1.83. The average molecular weight is 309 g/mol. The summed E-state index contributed by atoms with van der Waals surface area (Å²) in [6.45, 7) is 3.13. The van der Waals surface area contributed by atoms with Crippen molar-refractivity contribution < 1.29 is 24.8 Å². The Balaban J connectivity index is -0.000000653. The molecule has 0 aliphatic rings. The van der Waals surface area contributed by atoms with Gasteiger partial charge in [0.05, 0.1) is 0 Å². The van der Waals surface area contributed by atoms with Crippen LogP contribution in [0.4, 0.5) is 0 Å². The predicted octanol–water partition coefficient (Wildman–Crippen LogP) is -3.10. The molecule has 6 heteroatoms. The molecular weight excluding hydrogens is 289 g/mol. The van der Waals surface area contributed by atoms with Crippen LogP contribution in [0.5, 0.6) is 0 Å². The summed E-state index contributed by atoms with van der Waals surface area (Å²) in [5.74, 6) is 0. The van der Waals surface area contributed by atoms with E-state index in [1.807, 2.05) is 9.34 Å². The fourth-order valence-electron chi connectivity index (χ4n) is 1.50. The van der Waals surface area contributed by atoms with Crippen LogP contribution in [0.25, 0.3) is 0 Å². The van der Waals surface area contributed by atoms with E-state index in [0.29, 0.717) is 0 Å². The Kier molecular flexibility index (Phi) is 20.0. The Morgan fingerprint density at radius 1 is 1.12 bits per heavy atom. The molecule has 0 fully saturated rings. The van der Waals surface area contributed by atoms with Crippen molar-refractivity contribution in [2.45, 2.75) is 52.0 Å². The monoisotopic (exact) mass is 307 g/mol. The maximum Gasteiger partial charge on any atom is 2.00 e. The second-order valence-corrected chi connectivity index (χ2v) is 4.54. The van der Waals surface area contributed by atoms with E-state index in [1.54, 1.807) is 6.07 Å². The molecule has 0 aliphatic carbocycles. The molecule has 0 saturated carbocycles. The third-order valence-electron chi connectivity index (χ3n) is 2.36. The van der Waals surface area contributed by atoms with Crippen LogP contribution in [0.15, 0.2) is 16.2 Å². The van der Waals surface area contributed by atoms with Crippen molar-refractivity contribution in [3.63, 3.8) is 0 Å². The zero-order valence-electron chi connectivity index (χ0n) is 10.3. The van der Waals surface area contributed by atoms with Gasteiger partial charge < -0.3 is 24.8 Å². The van der Waals surface area contributed by atoms with E-state index in [9.17, 15) is 4.79 Å². The summed E-state index contributed by atoms with van der Waals surface area (Å²) in [6, 6.07) is 1.64. The Bertz CT molecular complexity index is 304. The van der Waals surface area contributed by atoms with Gasteiger partial charge in [-0.1, -0.05) is 50.6 Å². The van der Waals surface area contributed by atoms with Gasteiger partial charge in [0.15, 0.2) is 0 Å². The first-order valence-electron chi connectivity index (χ1n) is 5.49. The van der Waals surface area contributed by atoms with Gasteiger partial charge in [-0.2, -0.15) is 0 Å². The number of unbranched alkanes of at least 4 members (excludes halogenated alkanes) is 5. The van der Waals surface area contributed by atoms with E-state index in [-0.39, 0.29) is 53.4 Å². The molecule has 1 heterocycles. The first-order chi connectivity index (χ1) is 6.84. The van der Waals surface area contributed by atoms with Crippen LogP contribution < -0.4 is 30.4 Å². The largest absolute Gasteiger partial charge is 2.00 e. The molecule has 0 atom stereocenters. The molecule has 0 bridgehead atoms. The van der Waals surface area contributed by atoms with Crippen molar-refractivity contribution >= 4 is 34.6 Å². The van der Waals surface area contributed by atoms with E-state index in [2.05, 4.69) is 6.92 Å². The van der Waals surface area contributed by atoms with E-state index in [4.69, 9.17) is 0 Å². The molecule has 1 rings (SSSR count). The zero-order valence-corrected chi connectivity index (χ0v) is 14.1. The van der Waals surface area contributed by atoms with Gasteiger partial charge in [-0.25, -0.2) is 0 Å². The van der Waals surface area contributed by atoms with Gasteiger partial charge >= 0.3 is 23.1 Å². The van der Waals surface area contributed by atoms with Gasteiger partial charge in [-0.3, -0.25) is 8.75 Å². The Labute approximate surface area is 136 Å². The molecule has 17 heavy (non-hydrogen) atoms. The zero-order chi connectivity index (χ0) is 10.2. The van der Waals surface area contributed by atoms with Crippen LogP contribution in [0.3, 0.4) is 0 Å². The van der Waals surface area contributed by atoms with E-state index >= 15 is 0 Å². The molecule has 0 saturated heterocycles. The molecule has 0 unspecified atom stereocenters.